The van der Waals surface area contributed by atoms with Crippen molar-refractivity contribution >= 4 is 5.97 Å². The predicted molar refractivity (Wildman–Crippen MR) is 92.7 cm³/mol. The van der Waals surface area contributed by atoms with Crippen LogP contribution >= 0.6 is 0 Å². The molecule has 2 aromatic carbocycles. The fourth-order valence-electron chi connectivity index (χ4n) is 3.18. The Labute approximate surface area is 145 Å². The third-order valence-electron chi connectivity index (χ3n) is 4.39. The van der Waals surface area contributed by atoms with Crippen LogP contribution in [-0.4, -0.2) is 23.3 Å². The van der Waals surface area contributed by atoms with E-state index in [1.54, 1.807) is 42.5 Å². The standard InChI is InChI=1S/C19H20N2O4/c1-25-19(24)17-13(20)10-14(11-6-2-4-8-15(11)22)21-18(17)12-7-3-5-9-16(12)23/h2-9,14,18,21-23H,10,20H2,1H3. The van der Waals surface area contributed by atoms with Crippen molar-refractivity contribution in [3.63, 3.8) is 0 Å². The molecular formula is C19H20N2O4. The van der Waals surface area contributed by atoms with E-state index in [9.17, 15) is 15.0 Å². The van der Waals surface area contributed by atoms with Gasteiger partial charge in [-0.05, 0) is 12.1 Å². The lowest BCUT2D eigenvalue weighted by atomic mass is 9.87. The molecule has 3 rings (SSSR count). The summed E-state index contributed by atoms with van der Waals surface area (Å²) in [7, 11) is 1.29. The fourth-order valence-corrected chi connectivity index (χ4v) is 3.18. The normalized spacial score (nSPS) is 20.4. The molecule has 5 N–H and O–H groups in total. The molecule has 0 amide bonds. The molecule has 25 heavy (non-hydrogen) atoms. The van der Waals surface area contributed by atoms with Crippen molar-refractivity contribution in [3.8, 4) is 11.5 Å². The Balaban J connectivity index is 2.09. The molecule has 0 bridgehead atoms. The number of rotatable bonds is 3. The van der Waals surface area contributed by atoms with Crippen LogP contribution in [-0.2, 0) is 9.53 Å². The molecule has 1 aliphatic heterocycles. The Bertz CT molecular complexity index is 832. The van der Waals surface area contributed by atoms with E-state index in [1.807, 2.05) is 6.07 Å². The zero-order chi connectivity index (χ0) is 18.0. The van der Waals surface area contributed by atoms with Gasteiger partial charge in [-0.3, -0.25) is 5.32 Å². The Morgan fingerprint density at radius 3 is 2.20 bits per heavy atom. The van der Waals surface area contributed by atoms with Gasteiger partial charge in [-0.25, -0.2) is 4.79 Å². The van der Waals surface area contributed by atoms with Gasteiger partial charge in [0.15, 0.2) is 0 Å². The summed E-state index contributed by atoms with van der Waals surface area (Å²) in [6, 6.07) is 12.7. The van der Waals surface area contributed by atoms with E-state index in [0.29, 0.717) is 23.2 Å². The number of phenols is 2. The van der Waals surface area contributed by atoms with E-state index in [4.69, 9.17) is 10.5 Å². The van der Waals surface area contributed by atoms with Crippen molar-refractivity contribution in [1.29, 1.82) is 0 Å². The first-order valence-corrected chi connectivity index (χ1v) is 7.91. The van der Waals surface area contributed by atoms with Crippen molar-refractivity contribution in [2.75, 3.05) is 7.11 Å². The van der Waals surface area contributed by atoms with Crippen LogP contribution < -0.4 is 11.1 Å². The van der Waals surface area contributed by atoms with E-state index < -0.39 is 12.0 Å². The number of esters is 1. The highest BCUT2D eigenvalue weighted by molar-refractivity contribution is 5.91. The molecule has 0 spiro atoms. The first-order chi connectivity index (χ1) is 12.0. The number of benzene rings is 2. The summed E-state index contributed by atoms with van der Waals surface area (Å²) < 4.78 is 4.87. The maximum absolute atomic E-state index is 12.3. The predicted octanol–water partition coefficient (Wildman–Crippen LogP) is 2.26. The summed E-state index contributed by atoms with van der Waals surface area (Å²) >= 11 is 0. The molecule has 0 saturated heterocycles. The van der Waals surface area contributed by atoms with Crippen molar-refractivity contribution < 1.29 is 19.7 Å². The number of carbonyl (C=O) groups is 1. The maximum Gasteiger partial charge on any atom is 0.337 e. The molecular weight excluding hydrogens is 320 g/mol. The van der Waals surface area contributed by atoms with Crippen LogP contribution in [0.3, 0.4) is 0 Å². The first kappa shape index (κ1) is 16.9. The molecule has 0 aliphatic carbocycles. The number of para-hydroxylation sites is 2. The van der Waals surface area contributed by atoms with Gasteiger partial charge in [0, 0.05) is 29.3 Å². The highest BCUT2D eigenvalue weighted by Crippen LogP contribution is 2.40. The molecule has 2 aromatic rings. The van der Waals surface area contributed by atoms with Gasteiger partial charge >= 0.3 is 5.97 Å². The van der Waals surface area contributed by atoms with Gasteiger partial charge < -0.3 is 20.7 Å². The molecule has 6 heteroatoms. The van der Waals surface area contributed by atoms with Crippen LogP contribution in [0.15, 0.2) is 59.8 Å². The average molecular weight is 340 g/mol. The molecule has 2 atom stereocenters. The SMILES string of the molecule is COC(=O)C1=C(N)CC(c2ccccc2O)NC1c1ccccc1O. The van der Waals surface area contributed by atoms with Crippen LogP contribution in [0.4, 0.5) is 0 Å². The van der Waals surface area contributed by atoms with Gasteiger partial charge in [-0.15, -0.1) is 0 Å². The minimum Gasteiger partial charge on any atom is -0.508 e. The number of nitrogens with one attached hydrogen (secondary N) is 1. The molecule has 2 unspecified atom stereocenters. The maximum atomic E-state index is 12.3. The number of nitrogens with two attached hydrogens (primary N) is 1. The average Bonchev–Trinajstić information content (AvgIpc) is 2.61. The van der Waals surface area contributed by atoms with Crippen molar-refractivity contribution in [1.82, 2.24) is 5.32 Å². The van der Waals surface area contributed by atoms with E-state index in [-0.39, 0.29) is 23.1 Å². The summed E-state index contributed by atoms with van der Waals surface area (Å²) in [6.45, 7) is 0. The monoisotopic (exact) mass is 340 g/mol. The van der Waals surface area contributed by atoms with E-state index in [1.165, 1.54) is 7.11 Å². The molecule has 6 nitrogen and oxygen atoms in total. The number of hydrogen-bond donors (Lipinski definition) is 4. The molecule has 1 aliphatic rings. The van der Waals surface area contributed by atoms with Crippen LogP contribution in [0.1, 0.15) is 29.6 Å². The summed E-state index contributed by atoms with van der Waals surface area (Å²) in [5, 5.41) is 23.7. The number of hydrogen-bond acceptors (Lipinski definition) is 6. The summed E-state index contributed by atoms with van der Waals surface area (Å²) in [4.78, 5) is 12.3. The Morgan fingerprint density at radius 2 is 1.64 bits per heavy atom. The summed E-state index contributed by atoms with van der Waals surface area (Å²) in [6.07, 6.45) is 0.339. The minimum absolute atomic E-state index is 0.0483. The second-order valence-electron chi connectivity index (χ2n) is 5.90. The first-order valence-electron chi connectivity index (χ1n) is 7.91. The second-order valence-corrected chi connectivity index (χ2v) is 5.90. The third kappa shape index (κ3) is 3.16. The molecule has 0 fully saturated rings. The van der Waals surface area contributed by atoms with Crippen LogP contribution in [0.2, 0.25) is 0 Å². The van der Waals surface area contributed by atoms with Crippen LogP contribution in [0, 0.1) is 0 Å². The molecule has 1 heterocycles. The van der Waals surface area contributed by atoms with Crippen molar-refractivity contribution in [3.05, 3.63) is 70.9 Å². The quantitative estimate of drug-likeness (QED) is 0.639. The lowest BCUT2D eigenvalue weighted by Gasteiger charge is -2.34. The van der Waals surface area contributed by atoms with Gasteiger partial charge in [-0.1, -0.05) is 36.4 Å². The zero-order valence-corrected chi connectivity index (χ0v) is 13.8. The van der Waals surface area contributed by atoms with Crippen LogP contribution in [0.5, 0.6) is 11.5 Å². The Morgan fingerprint density at radius 1 is 1.08 bits per heavy atom. The van der Waals surface area contributed by atoms with Gasteiger partial charge in [0.05, 0.1) is 18.7 Å². The van der Waals surface area contributed by atoms with Crippen molar-refractivity contribution in [2.24, 2.45) is 5.73 Å². The third-order valence-corrected chi connectivity index (χ3v) is 4.39. The minimum atomic E-state index is -0.646. The fraction of sp³-hybridized carbons (Fsp3) is 0.211. The lowest BCUT2D eigenvalue weighted by molar-refractivity contribution is -0.136. The smallest absolute Gasteiger partial charge is 0.337 e. The van der Waals surface area contributed by atoms with Gasteiger partial charge in [0.1, 0.15) is 11.5 Å². The lowest BCUT2D eigenvalue weighted by Crippen LogP contribution is -2.37. The summed E-state index contributed by atoms with van der Waals surface area (Å²) in [5.41, 5.74) is 8.02. The number of phenolic OH excluding ortho intramolecular Hbond substituents is 2. The number of methoxy groups -OCH3 is 1. The number of aromatic hydroxyl groups is 2. The van der Waals surface area contributed by atoms with Gasteiger partial charge in [-0.2, -0.15) is 0 Å². The highest BCUT2D eigenvalue weighted by atomic mass is 16.5. The largest absolute Gasteiger partial charge is 0.508 e. The molecule has 0 saturated carbocycles. The van der Waals surface area contributed by atoms with E-state index in [0.717, 1.165) is 0 Å². The molecule has 0 aromatic heterocycles. The molecule has 0 radical (unpaired) electrons. The highest BCUT2D eigenvalue weighted by Gasteiger charge is 2.35. The van der Waals surface area contributed by atoms with Crippen LogP contribution in [0.25, 0.3) is 0 Å². The van der Waals surface area contributed by atoms with E-state index >= 15 is 0 Å². The number of ether oxygens (including phenoxy) is 1. The number of carbonyl (C=O) groups excluding carboxylic acids is 1. The van der Waals surface area contributed by atoms with Crippen molar-refractivity contribution in [2.45, 2.75) is 18.5 Å². The molecule has 130 valence electrons. The van der Waals surface area contributed by atoms with E-state index in [2.05, 4.69) is 5.32 Å². The van der Waals surface area contributed by atoms with Gasteiger partial charge in [0.25, 0.3) is 0 Å². The second kappa shape index (κ2) is 6.86. The Kier molecular flexibility index (Phi) is 4.63. The van der Waals surface area contributed by atoms with Gasteiger partial charge in [0.2, 0.25) is 0 Å². The summed E-state index contributed by atoms with van der Waals surface area (Å²) in [5.74, 6) is -0.355. The Hall–Kier alpha value is -2.99. The topological polar surface area (TPSA) is 105 Å². The zero-order valence-electron chi connectivity index (χ0n) is 13.8.